The lowest BCUT2D eigenvalue weighted by Crippen LogP contribution is -2.41. The molecule has 1 aliphatic heterocycles. The Bertz CT molecular complexity index is 863. The van der Waals surface area contributed by atoms with Gasteiger partial charge in [0.25, 0.3) is 0 Å². The van der Waals surface area contributed by atoms with Crippen molar-refractivity contribution in [1.29, 1.82) is 0 Å². The lowest BCUT2D eigenvalue weighted by Gasteiger charge is -2.32. The van der Waals surface area contributed by atoms with Crippen LogP contribution in [0.4, 0.5) is 0 Å². The van der Waals surface area contributed by atoms with Crippen molar-refractivity contribution in [2.45, 2.75) is 38.9 Å². The van der Waals surface area contributed by atoms with Crippen LogP contribution in [0.1, 0.15) is 27.7 Å². The van der Waals surface area contributed by atoms with Gasteiger partial charge in [0.1, 0.15) is 0 Å². The van der Waals surface area contributed by atoms with E-state index >= 15 is 0 Å². The third kappa shape index (κ3) is 2.08. The first-order chi connectivity index (χ1) is 10.3. The third-order valence-electron chi connectivity index (χ3n) is 4.80. The highest BCUT2D eigenvalue weighted by atomic mass is 32.1. The number of hydrogen-bond acceptors (Lipinski definition) is 4. The van der Waals surface area contributed by atoms with Crippen molar-refractivity contribution in [2.75, 3.05) is 0 Å². The second-order valence-electron chi connectivity index (χ2n) is 7.00. The molecule has 0 unspecified atom stereocenters. The maximum absolute atomic E-state index is 6.19. The molecule has 0 N–H and O–H groups in total. The summed E-state index contributed by atoms with van der Waals surface area (Å²) >= 11 is 3.67. The first kappa shape index (κ1) is 14.8. The molecule has 0 spiro atoms. The monoisotopic (exact) mass is 328 g/mol. The molecule has 6 heteroatoms. The van der Waals surface area contributed by atoms with Crippen LogP contribution in [0.3, 0.4) is 0 Å². The van der Waals surface area contributed by atoms with E-state index in [1.165, 1.54) is 24.9 Å². The molecule has 4 rings (SSSR count). The van der Waals surface area contributed by atoms with Crippen molar-refractivity contribution in [3.63, 3.8) is 0 Å². The molecule has 0 aliphatic carbocycles. The maximum atomic E-state index is 6.19. The molecule has 0 atom stereocenters. The van der Waals surface area contributed by atoms with Gasteiger partial charge in [0.05, 0.1) is 20.6 Å². The molecule has 0 saturated carbocycles. The Hall–Kier alpha value is -0.810. The fourth-order valence-electron chi connectivity index (χ4n) is 2.82. The highest BCUT2D eigenvalue weighted by Gasteiger charge is 2.52. The molecule has 1 saturated heterocycles. The quantitative estimate of drug-likeness (QED) is 0.640. The van der Waals surface area contributed by atoms with E-state index in [9.17, 15) is 0 Å². The third-order valence-corrected chi connectivity index (χ3v) is 7.20. The van der Waals surface area contributed by atoms with Crippen LogP contribution in [0.5, 0.6) is 0 Å². The molecule has 0 radical (unpaired) electrons. The largest absolute Gasteiger partial charge is 0.505 e. The summed E-state index contributed by atoms with van der Waals surface area (Å²) in [4.78, 5) is 0. The average molecular weight is 328 g/mol. The van der Waals surface area contributed by atoms with Crippen LogP contribution >= 0.6 is 22.7 Å². The first-order valence-electron chi connectivity index (χ1n) is 7.55. The number of rotatable bonds is 1. The van der Waals surface area contributed by atoms with E-state index in [-0.39, 0.29) is 18.3 Å². The normalized spacial score (nSPS) is 20.3. The second-order valence-corrected chi connectivity index (χ2v) is 9.34. The Labute approximate surface area is 140 Å². The molecule has 1 fully saturated rings. The summed E-state index contributed by atoms with van der Waals surface area (Å²) in [7, 11) is 1.90. The fourth-order valence-corrected chi connectivity index (χ4v) is 5.10. The van der Waals surface area contributed by atoms with Gasteiger partial charge in [0.15, 0.2) is 7.85 Å². The molecule has 3 aromatic rings. The molecule has 0 bridgehead atoms. The van der Waals surface area contributed by atoms with Crippen LogP contribution in [-0.2, 0) is 9.31 Å². The van der Waals surface area contributed by atoms with E-state index in [4.69, 9.17) is 9.31 Å². The van der Waals surface area contributed by atoms with E-state index in [2.05, 4.69) is 59.8 Å². The van der Waals surface area contributed by atoms with Gasteiger partial charge < -0.3 is 9.31 Å². The van der Waals surface area contributed by atoms with Gasteiger partial charge in [-0.1, -0.05) is 18.2 Å². The zero-order valence-electron chi connectivity index (χ0n) is 13.5. The summed E-state index contributed by atoms with van der Waals surface area (Å²) in [6.45, 7) is 8.39. The van der Waals surface area contributed by atoms with Crippen molar-refractivity contribution in [1.82, 2.24) is 0 Å². The van der Waals surface area contributed by atoms with Crippen LogP contribution in [0.25, 0.3) is 20.2 Å². The second kappa shape index (κ2) is 4.60. The summed E-state index contributed by atoms with van der Waals surface area (Å²) < 4.78 is 17.6. The van der Waals surface area contributed by atoms with Crippen LogP contribution in [0, 0.1) is 0 Å². The van der Waals surface area contributed by atoms with Crippen molar-refractivity contribution >= 4 is 67.4 Å². The van der Waals surface area contributed by atoms with Crippen LogP contribution in [-0.4, -0.2) is 26.2 Å². The van der Waals surface area contributed by atoms with Crippen LogP contribution < -0.4 is 9.55 Å². The van der Waals surface area contributed by atoms with E-state index in [0.717, 1.165) is 4.78 Å². The topological polar surface area (TPSA) is 18.5 Å². The smallest absolute Gasteiger partial charge is 0.399 e. The zero-order chi connectivity index (χ0) is 15.7. The van der Waals surface area contributed by atoms with Crippen LogP contribution in [0.15, 0.2) is 24.3 Å². The number of fused-ring (bicyclic) bond motifs is 3. The minimum absolute atomic E-state index is 0.265. The van der Waals surface area contributed by atoms with Gasteiger partial charge in [-0.25, -0.2) is 0 Å². The molecule has 2 nitrogen and oxygen atoms in total. The van der Waals surface area contributed by atoms with E-state index < -0.39 is 0 Å². The standard InChI is InChI=1S/C16H18B2O2S2/c1-15(2)16(3,4)20-18(19-15)12-8-10-6-5-9-7-11(17)21-13(9)14(10)22-12/h5-8H,17H2,1-4H3. The molecule has 1 aromatic carbocycles. The molecule has 0 amide bonds. The number of hydrogen-bond donors (Lipinski definition) is 0. The van der Waals surface area contributed by atoms with Gasteiger partial charge in [-0.05, 0) is 49.3 Å². The van der Waals surface area contributed by atoms with Gasteiger partial charge in [-0.2, -0.15) is 0 Å². The molecule has 2 aromatic heterocycles. The predicted octanol–water partition coefficient (Wildman–Crippen LogP) is 2.67. The fraction of sp³-hybridized carbons (Fsp3) is 0.375. The summed E-state index contributed by atoms with van der Waals surface area (Å²) in [5.74, 6) is 0. The van der Waals surface area contributed by atoms with Gasteiger partial charge in [0, 0.05) is 4.78 Å². The summed E-state index contributed by atoms with van der Waals surface area (Å²) in [6.07, 6.45) is 0. The van der Waals surface area contributed by atoms with E-state index in [1.54, 1.807) is 11.3 Å². The Morgan fingerprint density at radius 3 is 2.09 bits per heavy atom. The molecule has 1 aliphatic rings. The lowest BCUT2D eigenvalue weighted by molar-refractivity contribution is 0.00578. The zero-order valence-corrected chi connectivity index (χ0v) is 15.2. The minimum atomic E-state index is -0.289. The Morgan fingerprint density at radius 1 is 0.909 bits per heavy atom. The van der Waals surface area contributed by atoms with Gasteiger partial charge in [0.2, 0.25) is 0 Å². The Morgan fingerprint density at radius 2 is 1.45 bits per heavy atom. The highest BCUT2D eigenvalue weighted by molar-refractivity contribution is 7.34. The molecular weight excluding hydrogens is 310 g/mol. The molecule has 22 heavy (non-hydrogen) atoms. The Kier molecular flexibility index (Phi) is 3.09. The van der Waals surface area contributed by atoms with Gasteiger partial charge >= 0.3 is 7.12 Å². The van der Waals surface area contributed by atoms with Crippen molar-refractivity contribution in [2.24, 2.45) is 0 Å². The molecular formula is C16H18B2O2S2. The summed E-state index contributed by atoms with van der Waals surface area (Å²) in [6, 6.07) is 8.89. The summed E-state index contributed by atoms with van der Waals surface area (Å²) in [5, 5.41) is 2.61. The molecule has 3 heterocycles. The van der Waals surface area contributed by atoms with Gasteiger partial charge in [-0.3, -0.25) is 0 Å². The maximum Gasteiger partial charge on any atom is 0.505 e. The van der Waals surface area contributed by atoms with Crippen molar-refractivity contribution < 1.29 is 9.31 Å². The SMILES string of the molecule is Bc1cc2ccc3cc(B4OC(C)(C)C(C)(C)O4)sc3c2s1. The number of thiophene rings is 2. The van der Waals surface area contributed by atoms with E-state index in [0.29, 0.717) is 0 Å². The lowest BCUT2D eigenvalue weighted by atomic mass is 9.87. The van der Waals surface area contributed by atoms with Crippen molar-refractivity contribution in [3.8, 4) is 0 Å². The average Bonchev–Trinajstić information content (AvgIpc) is 3.03. The van der Waals surface area contributed by atoms with Crippen molar-refractivity contribution in [3.05, 3.63) is 24.3 Å². The summed E-state index contributed by atoms with van der Waals surface area (Å²) in [5.41, 5.74) is -0.578. The highest BCUT2D eigenvalue weighted by Crippen LogP contribution is 2.38. The first-order valence-corrected chi connectivity index (χ1v) is 9.18. The number of benzene rings is 1. The Balaban J connectivity index is 1.82. The van der Waals surface area contributed by atoms with E-state index in [1.807, 2.05) is 11.3 Å². The van der Waals surface area contributed by atoms with Gasteiger partial charge in [-0.15, -0.1) is 22.7 Å². The minimum Gasteiger partial charge on any atom is -0.399 e. The van der Waals surface area contributed by atoms with Crippen LogP contribution in [0.2, 0.25) is 0 Å². The predicted molar refractivity (Wildman–Crippen MR) is 101 cm³/mol. The molecule has 112 valence electrons.